The number of halogens is 1. The van der Waals surface area contributed by atoms with Gasteiger partial charge < -0.3 is 14.8 Å². The first-order chi connectivity index (χ1) is 14.1. The predicted octanol–water partition coefficient (Wildman–Crippen LogP) is 4.55. The molecule has 3 aromatic carbocycles. The number of carbonyl (C=O) groups excluding carboxylic acids is 1. The van der Waals surface area contributed by atoms with E-state index in [2.05, 4.69) is 5.32 Å². The van der Waals surface area contributed by atoms with Crippen LogP contribution in [0.2, 0.25) is 0 Å². The van der Waals surface area contributed by atoms with Gasteiger partial charge in [0, 0.05) is 29.5 Å². The molecule has 4 nitrogen and oxygen atoms in total. The van der Waals surface area contributed by atoms with Crippen LogP contribution in [0.4, 0.5) is 4.39 Å². The lowest BCUT2D eigenvalue weighted by atomic mass is 10.0. The summed E-state index contributed by atoms with van der Waals surface area (Å²) < 4.78 is 19.6. The van der Waals surface area contributed by atoms with E-state index in [1.807, 2.05) is 42.5 Å². The standard InChI is InChI=1S/C24H20FNO3/c25-20-8-1-4-16(12-20)13-21-15-18-6-3-9-22(23(18)29-21)17-5-2-7-19(14-17)24(28)26-10-11-27/h1-9,12,14-15,27H,10-11,13H2,(H,26,28). The third-order valence-corrected chi connectivity index (χ3v) is 4.70. The van der Waals surface area contributed by atoms with Gasteiger partial charge in [-0.05, 0) is 41.5 Å². The quantitative estimate of drug-likeness (QED) is 0.508. The van der Waals surface area contributed by atoms with Crippen molar-refractivity contribution in [1.82, 2.24) is 5.32 Å². The maximum Gasteiger partial charge on any atom is 0.251 e. The number of furan rings is 1. The summed E-state index contributed by atoms with van der Waals surface area (Å²) in [7, 11) is 0. The Morgan fingerprint density at radius 3 is 2.66 bits per heavy atom. The van der Waals surface area contributed by atoms with Gasteiger partial charge in [-0.15, -0.1) is 0 Å². The number of aliphatic hydroxyl groups excluding tert-OH is 1. The van der Waals surface area contributed by atoms with E-state index in [4.69, 9.17) is 9.52 Å². The number of amides is 1. The van der Waals surface area contributed by atoms with Gasteiger partial charge in [0.15, 0.2) is 0 Å². The van der Waals surface area contributed by atoms with Crippen molar-refractivity contribution in [3.05, 3.63) is 95.5 Å². The van der Waals surface area contributed by atoms with Crippen LogP contribution in [0.5, 0.6) is 0 Å². The molecular weight excluding hydrogens is 369 g/mol. The van der Waals surface area contributed by atoms with E-state index in [-0.39, 0.29) is 24.9 Å². The Morgan fingerprint density at radius 1 is 1.00 bits per heavy atom. The van der Waals surface area contributed by atoms with Gasteiger partial charge in [-0.3, -0.25) is 4.79 Å². The van der Waals surface area contributed by atoms with Crippen LogP contribution >= 0.6 is 0 Å². The highest BCUT2D eigenvalue weighted by Crippen LogP contribution is 2.32. The molecule has 1 amide bonds. The topological polar surface area (TPSA) is 62.5 Å². The summed E-state index contributed by atoms with van der Waals surface area (Å²) >= 11 is 0. The monoisotopic (exact) mass is 389 g/mol. The third kappa shape index (κ3) is 4.20. The van der Waals surface area contributed by atoms with Crippen molar-refractivity contribution < 1.29 is 18.7 Å². The van der Waals surface area contributed by atoms with Crippen LogP contribution in [0, 0.1) is 5.82 Å². The number of fused-ring (bicyclic) bond motifs is 1. The van der Waals surface area contributed by atoms with Gasteiger partial charge in [-0.25, -0.2) is 4.39 Å². The van der Waals surface area contributed by atoms with E-state index in [9.17, 15) is 9.18 Å². The lowest BCUT2D eigenvalue weighted by Gasteiger charge is -2.07. The van der Waals surface area contributed by atoms with Crippen molar-refractivity contribution in [2.75, 3.05) is 13.2 Å². The van der Waals surface area contributed by atoms with Crippen LogP contribution < -0.4 is 5.32 Å². The Hall–Kier alpha value is -3.44. The zero-order chi connectivity index (χ0) is 20.2. The molecule has 146 valence electrons. The highest BCUT2D eigenvalue weighted by Gasteiger charge is 2.13. The summed E-state index contributed by atoms with van der Waals surface area (Å²) in [4.78, 5) is 12.2. The number of para-hydroxylation sites is 1. The molecule has 4 rings (SSSR count). The number of aliphatic hydroxyl groups is 1. The zero-order valence-electron chi connectivity index (χ0n) is 15.7. The molecule has 1 heterocycles. The summed E-state index contributed by atoms with van der Waals surface area (Å²) in [5.41, 5.74) is 3.82. The molecule has 0 radical (unpaired) electrons. The van der Waals surface area contributed by atoms with Gasteiger partial charge in [0.2, 0.25) is 0 Å². The fourth-order valence-electron chi connectivity index (χ4n) is 3.38. The van der Waals surface area contributed by atoms with Crippen LogP contribution in [0.25, 0.3) is 22.1 Å². The number of carbonyl (C=O) groups is 1. The lowest BCUT2D eigenvalue weighted by molar-refractivity contribution is 0.0945. The molecule has 0 atom stereocenters. The van der Waals surface area contributed by atoms with Crippen LogP contribution in [0.1, 0.15) is 21.7 Å². The summed E-state index contributed by atoms with van der Waals surface area (Å²) in [6.07, 6.45) is 0.496. The van der Waals surface area contributed by atoms with E-state index in [0.717, 1.165) is 33.4 Å². The average Bonchev–Trinajstić information content (AvgIpc) is 3.14. The van der Waals surface area contributed by atoms with E-state index < -0.39 is 0 Å². The summed E-state index contributed by atoms with van der Waals surface area (Å²) in [5.74, 6) is 0.241. The Labute approximate surface area is 167 Å². The smallest absolute Gasteiger partial charge is 0.251 e. The number of hydrogen-bond donors (Lipinski definition) is 2. The highest BCUT2D eigenvalue weighted by atomic mass is 19.1. The minimum absolute atomic E-state index is 0.106. The highest BCUT2D eigenvalue weighted by molar-refractivity contribution is 5.98. The summed E-state index contributed by atoms with van der Waals surface area (Å²) in [6.45, 7) is 0.103. The minimum Gasteiger partial charge on any atom is -0.460 e. The van der Waals surface area contributed by atoms with Crippen molar-refractivity contribution in [1.29, 1.82) is 0 Å². The maximum atomic E-state index is 13.5. The fraction of sp³-hybridized carbons (Fsp3) is 0.125. The second-order valence-electron chi connectivity index (χ2n) is 6.80. The molecule has 29 heavy (non-hydrogen) atoms. The summed E-state index contributed by atoms with van der Waals surface area (Å²) in [5, 5.41) is 12.5. The zero-order valence-corrected chi connectivity index (χ0v) is 15.7. The first-order valence-corrected chi connectivity index (χ1v) is 9.39. The van der Waals surface area contributed by atoms with E-state index in [1.165, 1.54) is 12.1 Å². The molecule has 2 N–H and O–H groups in total. The normalized spacial score (nSPS) is 11.0. The Morgan fingerprint density at radius 2 is 1.83 bits per heavy atom. The second kappa shape index (κ2) is 8.29. The fourth-order valence-corrected chi connectivity index (χ4v) is 3.38. The van der Waals surface area contributed by atoms with Crippen LogP contribution in [0.15, 0.2) is 77.2 Å². The molecule has 0 unspecified atom stereocenters. The van der Waals surface area contributed by atoms with Gasteiger partial charge >= 0.3 is 0 Å². The lowest BCUT2D eigenvalue weighted by Crippen LogP contribution is -2.26. The molecule has 0 bridgehead atoms. The molecule has 0 aliphatic heterocycles. The van der Waals surface area contributed by atoms with Crippen molar-refractivity contribution in [3.8, 4) is 11.1 Å². The van der Waals surface area contributed by atoms with E-state index in [1.54, 1.807) is 18.2 Å². The molecule has 0 spiro atoms. The summed E-state index contributed by atoms with van der Waals surface area (Å²) in [6, 6.07) is 21.6. The van der Waals surface area contributed by atoms with E-state index >= 15 is 0 Å². The first kappa shape index (κ1) is 18.9. The van der Waals surface area contributed by atoms with Crippen molar-refractivity contribution in [2.45, 2.75) is 6.42 Å². The van der Waals surface area contributed by atoms with Gasteiger partial charge in [0.05, 0.1) is 6.61 Å². The van der Waals surface area contributed by atoms with Crippen molar-refractivity contribution in [2.24, 2.45) is 0 Å². The molecule has 0 fully saturated rings. The molecule has 0 saturated carbocycles. The molecule has 0 aliphatic carbocycles. The number of hydrogen-bond acceptors (Lipinski definition) is 3. The molecular formula is C24H20FNO3. The molecule has 0 aliphatic rings. The van der Waals surface area contributed by atoms with Gasteiger partial charge in [-0.1, -0.05) is 42.5 Å². The molecule has 0 saturated heterocycles. The molecule has 1 aromatic heterocycles. The minimum atomic E-state index is -0.268. The van der Waals surface area contributed by atoms with Gasteiger partial charge in [0.1, 0.15) is 17.2 Å². The predicted molar refractivity (Wildman–Crippen MR) is 110 cm³/mol. The number of nitrogens with one attached hydrogen (secondary N) is 1. The largest absolute Gasteiger partial charge is 0.460 e. The maximum absolute atomic E-state index is 13.5. The second-order valence-corrected chi connectivity index (χ2v) is 6.80. The number of rotatable bonds is 6. The van der Waals surface area contributed by atoms with Crippen LogP contribution in [-0.4, -0.2) is 24.2 Å². The Balaban J connectivity index is 1.68. The average molecular weight is 389 g/mol. The van der Waals surface area contributed by atoms with Gasteiger partial charge in [0.25, 0.3) is 5.91 Å². The molecule has 5 heteroatoms. The third-order valence-electron chi connectivity index (χ3n) is 4.70. The van der Waals surface area contributed by atoms with Crippen LogP contribution in [-0.2, 0) is 6.42 Å². The van der Waals surface area contributed by atoms with Crippen molar-refractivity contribution >= 4 is 16.9 Å². The first-order valence-electron chi connectivity index (χ1n) is 9.39. The van der Waals surface area contributed by atoms with Gasteiger partial charge in [-0.2, -0.15) is 0 Å². The Kier molecular flexibility index (Phi) is 5.40. The van der Waals surface area contributed by atoms with E-state index in [0.29, 0.717) is 12.0 Å². The Bertz CT molecular complexity index is 1170. The SMILES string of the molecule is O=C(NCCO)c1cccc(-c2cccc3cc(Cc4cccc(F)c4)oc23)c1. The molecule has 4 aromatic rings. The van der Waals surface area contributed by atoms with Crippen molar-refractivity contribution in [3.63, 3.8) is 0 Å². The number of benzene rings is 3. The van der Waals surface area contributed by atoms with Crippen LogP contribution in [0.3, 0.4) is 0 Å².